The quantitative estimate of drug-likeness (QED) is 0.0918. The Morgan fingerprint density at radius 1 is 0.698 bits per heavy atom. The molecule has 0 aliphatic rings. The zero-order chi connectivity index (χ0) is 33.7. The Morgan fingerprint density at radius 3 is 1.70 bits per heavy atom. The molecule has 0 aromatic carbocycles. The number of carboxylic acid groups (broad SMARTS) is 3. The van der Waals surface area contributed by atoms with Gasteiger partial charge in [-0.05, 0) is 43.9 Å². The molecule has 0 aliphatic heterocycles. The first-order valence-electron chi connectivity index (χ1n) is 14.3. The van der Waals surface area contributed by atoms with Crippen LogP contribution in [0.25, 0.3) is 0 Å². The van der Waals surface area contributed by atoms with Crippen LogP contribution in [0, 0.1) is 17.8 Å². The third-order valence-electron chi connectivity index (χ3n) is 6.50. The molecule has 246 valence electrons. The van der Waals surface area contributed by atoms with E-state index in [0.29, 0.717) is 6.42 Å². The van der Waals surface area contributed by atoms with Crippen molar-refractivity contribution in [3.8, 4) is 0 Å². The molecule has 0 aromatic rings. The predicted molar refractivity (Wildman–Crippen MR) is 155 cm³/mol. The van der Waals surface area contributed by atoms with Gasteiger partial charge >= 0.3 is 17.9 Å². The average molecular weight is 616 g/mol. The van der Waals surface area contributed by atoms with Gasteiger partial charge in [0.2, 0.25) is 23.6 Å². The summed E-state index contributed by atoms with van der Waals surface area (Å²) in [7, 11) is 0. The van der Waals surface area contributed by atoms with Crippen molar-refractivity contribution in [3.05, 3.63) is 0 Å². The van der Waals surface area contributed by atoms with E-state index in [0.717, 1.165) is 0 Å². The number of nitrogens with two attached hydrogens (primary N) is 1. The van der Waals surface area contributed by atoms with E-state index >= 15 is 0 Å². The zero-order valence-corrected chi connectivity index (χ0v) is 26.1. The highest BCUT2D eigenvalue weighted by molar-refractivity contribution is 5.94. The molecule has 0 heterocycles. The highest BCUT2D eigenvalue weighted by atomic mass is 16.4. The van der Waals surface area contributed by atoms with Crippen LogP contribution in [0.5, 0.6) is 0 Å². The number of carbonyl (C=O) groups is 7. The second-order valence-corrected chi connectivity index (χ2v) is 12.3. The molecule has 15 nitrogen and oxygen atoms in total. The predicted octanol–water partition coefficient (Wildman–Crippen LogP) is 0.205. The number of rotatable bonds is 20. The van der Waals surface area contributed by atoms with E-state index in [-0.39, 0.29) is 37.5 Å². The van der Waals surface area contributed by atoms with Crippen LogP contribution in [0.2, 0.25) is 0 Å². The second kappa shape index (κ2) is 18.0. The molecule has 9 N–H and O–H groups in total. The lowest BCUT2D eigenvalue weighted by Crippen LogP contribution is -2.61. The van der Waals surface area contributed by atoms with Gasteiger partial charge in [0, 0.05) is 18.9 Å². The molecule has 43 heavy (non-hydrogen) atoms. The van der Waals surface area contributed by atoms with Gasteiger partial charge in [0.25, 0.3) is 0 Å². The molecule has 15 heteroatoms. The van der Waals surface area contributed by atoms with Gasteiger partial charge in [0.15, 0.2) is 0 Å². The first-order valence-corrected chi connectivity index (χ1v) is 14.3. The van der Waals surface area contributed by atoms with Crippen LogP contribution in [0.1, 0.15) is 87.0 Å². The highest BCUT2D eigenvalue weighted by Gasteiger charge is 2.35. The summed E-state index contributed by atoms with van der Waals surface area (Å²) in [6, 6.07) is -4.55. The second-order valence-electron chi connectivity index (χ2n) is 12.3. The Labute approximate surface area is 252 Å². The minimum absolute atomic E-state index is 0.0118. The van der Waals surface area contributed by atoms with Crippen LogP contribution in [-0.4, -0.2) is 86.6 Å². The van der Waals surface area contributed by atoms with Crippen LogP contribution in [0.15, 0.2) is 0 Å². The van der Waals surface area contributed by atoms with Crippen LogP contribution in [0.3, 0.4) is 0 Å². The van der Waals surface area contributed by atoms with Crippen molar-refractivity contribution in [1.82, 2.24) is 21.3 Å². The van der Waals surface area contributed by atoms with Crippen LogP contribution in [-0.2, 0) is 33.6 Å². The van der Waals surface area contributed by atoms with Crippen molar-refractivity contribution in [2.24, 2.45) is 23.5 Å². The normalized spacial score (nSPS) is 15.5. The summed E-state index contributed by atoms with van der Waals surface area (Å²) in [4.78, 5) is 85.4. The van der Waals surface area contributed by atoms with Crippen molar-refractivity contribution in [2.45, 2.75) is 117 Å². The summed E-state index contributed by atoms with van der Waals surface area (Å²) in [6.45, 7) is 12.1. The van der Waals surface area contributed by atoms with Crippen molar-refractivity contribution < 1.29 is 48.9 Å². The van der Waals surface area contributed by atoms with Crippen molar-refractivity contribution in [1.29, 1.82) is 0 Å². The SMILES string of the molecule is CC(C)C[C@@H](CC(=O)N[C@@H](CC(=O)O)C(=O)O)NC(=O)[C@H](CC(C)C)NC(=O)[C@@H](NC(=O)C(C)(N)CCC(=O)O)C(C)C. The smallest absolute Gasteiger partial charge is 0.326 e. The van der Waals surface area contributed by atoms with Crippen LogP contribution in [0.4, 0.5) is 0 Å². The molecule has 0 saturated carbocycles. The van der Waals surface area contributed by atoms with Crippen molar-refractivity contribution >= 4 is 41.5 Å². The average Bonchev–Trinajstić information content (AvgIpc) is 2.83. The number of hydrogen-bond donors (Lipinski definition) is 8. The monoisotopic (exact) mass is 615 g/mol. The molecule has 0 spiro atoms. The molecule has 0 aromatic heterocycles. The minimum Gasteiger partial charge on any atom is -0.481 e. The fourth-order valence-electron chi connectivity index (χ4n) is 4.20. The standard InChI is InChI=1S/C28H49N5O10/c1-14(2)10-17(12-20(34)31-19(26(41)42)13-22(37)38)30-24(39)18(11-15(3)4)32-25(40)23(16(5)6)33-27(43)28(7,29)9-8-21(35)36/h14-19,23H,8-13,29H2,1-7H3,(H,30,39)(H,31,34)(H,32,40)(H,33,43)(H,35,36)(H,37,38)(H,41,42)/t17-,18-,19-,23-,28?/m0/s1. The lowest BCUT2D eigenvalue weighted by atomic mass is 9.94. The van der Waals surface area contributed by atoms with Crippen LogP contribution < -0.4 is 27.0 Å². The summed E-state index contributed by atoms with van der Waals surface area (Å²) in [5, 5.41) is 37.2. The molecular weight excluding hydrogens is 566 g/mol. The van der Waals surface area contributed by atoms with E-state index in [4.69, 9.17) is 15.9 Å². The molecule has 0 aliphatic carbocycles. The molecule has 4 amide bonds. The highest BCUT2D eigenvalue weighted by Crippen LogP contribution is 2.14. The molecule has 0 saturated heterocycles. The first kappa shape index (κ1) is 39.2. The topological polar surface area (TPSA) is 254 Å². The maximum atomic E-state index is 13.4. The summed E-state index contributed by atoms with van der Waals surface area (Å²) in [5.41, 5.74) is 4.45. The van der Waals surface area contributed by atoms with E-state index in [2.05, 4.69) is 21.3 Å². The van der Waals surface area contributed by atoms with Crippen LogP contribution >= 0.6 is 0 Å². The summed E-state index contributed by atoms with van der Waals surface area (Å²) in [6.07, 6.45) is -1.11. The number of amides is 4. The summed E-state index contributed by atoms with van der Waals surface area (Å²) >= 11 is 0. The van der Waals surface area contributed by atoms with Gasteiger partial charge in [0.05, 0.1) is 12.0 Å². The molecule has 1 unspecified atom stereocenters. The Balaban J connectivity index is 5.78. The van der Waals surface area contributed by atoms with Crippen molar-refractivity contribution in [3.63, 3.8) is 0 Å². The Bertz CT molecular complexity index is 1010. The lowest BCUT2D eigenvalue weighted by Gasteiger charge is -2.30. The van der Waals surface area contributed by atoms with E-state index < -0.39 is 83.6 Å². The number of carbonyl (C=O) groups excluding carboxylic acids is 4. The third kappa shape index (κ3) is 15.9. The maximum Gasteiger partial charge on any atom is 0.326 e. The minimum atomic E-state index is -1.64. The number of nitrogens with one attached hydrogen (secondary N) is 4. The maximum absolute atomic E-state index is 13.4. The number of hydrogen-bond acceptors (Lipinski definition) is 8. The third-order valence-corrected chi connectivity index (χ3v) is 6.50. The molecule has 0 fully saturated rings. The number of aliphatic carboxylic acids is 3. The van der Waals surface area contributed by atoms with Gasteiger partial charge in [-0.2, -0.15) is 0 Å². The summed E-state index contributed by atoms with van der Waals surface area (Å²) < 4.78 is 0. The van der Waals surface area contributed by atoms with Crippen molar-refractivity contribution in [2.75, 3.05) is 0 Å². The Hall–Kier alpha value is -3.75. The van der Waals surface area contributed by atoms with Gasteiger partial charge in [-0.1, -0.05) is 41.5 Å². The van der Waals surface area contributed by atoms with E-state index in [1.807, 2.05) is 27.7 Å². The first-order chi connectivity index (χ1) is 19.7. The van der Waals surface area contributed by atoms with Gasteiger partial charge in [-0.15, -0.1) is 0 Å². The zero-order valence-electron chi connectivity index (χ0n) is 26.1. The molecular formula is C28H49N5O10. The Morgan fingerprint density at radius 2 is 1.26 bits per heavy atom. The van der Waals surface area contributed by atoms with Gasteiger partial charge < -0.3 is 42.3 Å². The largest absolute Gasteiger partial charge is 0.481 e. The van der Waals surface area contributed by atoms with E-state index in [1.54, 1.807) is 13.8 Å². The summed E-state index contributed by atoms with van der Waals surface area (Å²) in [5.74, 6) is -7.24. The van der Waals surface area contributed by atoms with Gasteiger partial charge in [-0.3, -0.25) is 28.8 Å². The molecule has 5 atom stereocenters. The molecule has 0 bridgehead atoms. The van der Waals surface area contributed by atoms with E-state index in [9.17, 15) is 38.7 Å². The Kier molecular flexibility index (Phi) is 16.5. The number of carboxylic acids is 3. The molecule has 0 radical (unpaired) electrons. The molecule has 0 rings (SSSR count). The van der Waals surface area contributed by atoms with Gasteiger partial charge in [-0.25, -0.2) is 4.79 Å². The fraction of sp³-hybridized carbons (Fsp3) is 0.750. The van der Waals surface area contributed by atoms with E-state index in [1.165, 1.54) is 6.92 Å². The van der Waals surface area contributed by atoms with Gasteiger partial charge in [0.1, 0.15) is 18.1 Å². The fourth-order valence-corrected chi connectivity index (χ4v) is 4.20. The lowest BCUT2D eigenvalue weighted by molar-refractivity contribution is -0.147.